The van der Waals surface area contributed by atoms with Gasteiger partial charge in [-0.1, -0.05) is 12.1 Å². The van der Waals surface area contributed by atoms with Crippen LogP contribution in [-0.4, -0.2) is 24.9 Å². The lowest BCUT2D eigenvalue weighted by Gasteiger charge is -2.14. The van der Waals surface area contributed by atoms with Crippen LogP contribution in [0, 0.1) is 0 Å². The molecule has 88 valence electrons. The summed E-state index contributed by atoms with van der Waals surface area (Å²) in [6, 6.07) is 6.59. The van der Waals surface area contributed by atoms with Crippen molar-refractivity contribution in [2.45, 2.75) is 5.92 Å². The van der Waals surface area contributed by atoms with Crippen LogP contribution >= 0.6 is 15.9 Å². The molecule has 0 aromatic heterocycles. The quantitative estimate of drug-likeness (QED) is 0.889. The topological polar surface area (TPSA) is 55.1 Å². The molecule has 0 aliphatic carbocycles. The van der Waals surface area contributed by atoms with E-state index in [-0.39, 0.29) is 0 Å². The molecule has 6 heteroatoms. The van der Waals surface area contributed by atoms with Gasteiger partial charge in [0.15, 0.2) is 0 Å². The van der Waals surface area contributed by atoms with Gasteiger partial charge in [-0.25, -0.2) is 8.78 Å². The monoisotopic (exact) mass is 292 g/mol. The molecule has 0 unspecified atom stereocenters. The van der Waals surface area contributed by atoms with Crippen molar-refractivity contribution in [3.8, 4) is 0 Å². The molecule has 0 radical (unpaired) electrons. The van der Waals surface area contributed by atoms with Crippen molar-refractivity contribution in [3.05, 3.63) is 34.3 Å². The largest absolute Gasteiger partial charge is 0.346 e. The molecule has 0 atom stereocenters. The summed E-state index contributed by atoms with van der Waals surface area (Å²) in [5, 5.41) is 2.13. The summed E-state index contributed by atoms with van der Waals surface area (Å²) in [6.07, 6.45) is 0. The van der Waals surface area contributed by atoms with Gasteiger partial charge in [0.1, 0.15) is 0 Å². The Morgan fingerprint density at radius 1 is 1.44 bits per heavy atom. The molecule has 1 aromatic carbocycles. The molecule has 16 heavy (non-hydrogen) atoms. The van der Waals surface area contributed by atoms with Crippen molar-refractivity contribution in [1.29, 1.82) is 0 Å². The number of amides is 1. The first-order valence-corrected chi connectivity index (χ1v) is 5.36. The molecule has 3 N–H and O–H groups in total. The van der Waals surface area contributed by atoms with Crippen LogP contribution in [0.3, 0.4) is 0 Å². The minimum Gasteiger partial charge on any atom is -0.346 e. The zero-order chi connectivity index (χ0) is 12.2. The van der Waals surface area contributed by atoms with Crippen LogP contribution in [0.5, 0.6) is 0 Å². The number of hydrogen-bond acceptors (Lipinski definition) is 2. The van der Waals surface area contributed by atoms with E-state index in [1.807, 2.05) is 0 Å². The zero-order valence-electron chi connectivity index (χ0n) is 8.34. The first kappa shape index (κ1) is 13.1. The number of rotatable bonds is 4. The van der Waals surface area contributed by atoms with E-state index >= 15 is 0 Å². The van der Waals surface area contributed by atoms with E-state index in [1.54, 1.807) is 24.3 Å². The number of nitrogens with one attached hydrogen (secondary N) is 1. The molecule has 1 amide bonds. The van der Waals surface area contributed by atoms with E-state index in [2.05, 4.69) is 21.2 Å². The smallest absolute Gasteiger partial charge is 0.277 e. The normalized spacial score (nSPS) is 11.2. The Bertz CT molecular complexity index is 385. The Labute approximate surface area is 100 Å². The number of halogens is 3. The predicted octanol–water partition coefficient (Wildman–Crippen LogP) is 1.77. The minimum absolute atomic E-state index is 0.315. The Balaban J connectivity index is 2.64. The summed E-state index contributed by atoms with van der Waals surface area (Å²) in [4.78, 5) is 11.5. The van der Waals surface area contributed by atoms with Crippen molar-refractivity contribution in [2.24, 2.45) is 5.73 Å². The Hall–Kier alpha value is -1.01. The molecule has 0 saturated heterocycles. The van der Waals surface area contributed by atoms with Gasteiger partial charge >= 0.3 is 0 Å². The third kappa shape index (κ3) is 3.53. The summed E-state index contributed by atoms with van der Waals surface area (Å²) >= 11 is 3.16. The van der Waals surface area contributed by atoms with Gasteiger partial charge in [0.25, 0.3) is 11.8 Å². The minimum atomic E-state index is -3.07. The van der Waals surface area contributed by atoms with Gasteiger partial charge in [-0.3, -0.25) is 4.79 Å². The fourth-order valence-electron chi connectivity index (χ4n) is 1.02. The average Bonchev–Trinajstić information content (AvgIpc) is 2.27. The molecule has 0 aliphatic heterocycles. The van der Waals surface area contributed by atoms with Crippen LogP contribution in [0.4, 0.5) is 8.78 Å². The van der Waals surface area contributed by atoms with Gasteiger partial charge in [-0.05, 0) is 28.1 Å². The summed E-state index contributed by atoms with van der Waals surface area (Å²) in [7, 11) is 0. The molecule has 0 saturated carbocycles. The highest BCUT2D eigenvalue weighted by Gasteiger charge is 2.27. The third-order valence-corrected chi connectivity index (χ3v) is 2.62. The van der Waals surface area contributed by atoms with E-state index in [0.29, 0.717) is 10.0 Å². The lowest BCUT2D eigenvalue weighted by Crippen LogP contribution is -2.41. The first-order valence-electron chi connectivity index (χ1n) is 4.57. The van der Waals surface area contributed by atoms with Crippen molar-refractivity contribution in [1.82, 2.24) is 5.32 Å². The molecule has 0 aliphatic rings. The van der Waals surface area contributed by atoms with Crippen molar-refractivity contribution >= 4 is 21.8 Å². The molecule has 0 fully saturated rings. The Morgan fingerprint density at radius 2 is 2.06 bits per heavy atom. The van der Waals surface area contributed by atoms with Crippen LogP contribution in [0.15, 0.2) is 28.7 Å². The predicted molar refractivity (Wildman–Crippen MR) is 60.5 cm³/mol. The molecule has 0 spiro atoms. The van der Waals surface area contributed by atoms with Crippen molar-refractivity contribution in [2.75, 3.05) is 13.1 Å². The van der Waals surface area contributed by atoms with E-state index in [1.165, 1.54) is 0 Å². The molecule has 3 nitrogen and oxygen atoms in total. The summed E-state index contributed by atoms with van der Waals surface area (Å²) in [5.74, 6) is -3.63. The summed E-state index contributed by atoms with van der Waals surface area (Å²) in [5.41, 5.74) is 5.17. The molecular weight excluding hydrogens is 282 g/mol. The maximum atomic E-state index is 12.8. The van der Waals surface area contributed by atoms with Crippen LogP contribution in [-0.2, 0) is 0 Å². The van der Waals surface area contributed by atoms with E-state index in [4.69, 9.17) is 5.73 Å². The van der Waals surface area contributed by atoms with Crippen molar-refractivity contribution < 1.29 is 13.6 Å². The van der Waals surface area contributed by atoms with Crippen LogP contribution < -0.4 is 11.1 Å². The highest BCUT2D eigenvalue weighted by atomic mass is 79.9. The zero-order valence-corrected chi connectivity index (χ0v) is 9.93. The second-order valence-corrected chi connectivity index (χ2v) is 4.08. The molecule has 0 bridgehead atoms. The number of carbonyl (C=O) groups is 1. The van der Waals surface area contributed by atoms with Gasteiger partial charge in [0.05, 0.1) is 18.7 Å². The van der Waals surface area contributed by atoms with Gasteiger partial charge in [0, 0.05) is 4.47 Å². The SMILES string of the molecule is NCC(F)(F)CNC(=O)c1ccccc1Br. The fourth-order valence-corrected chi connectivity index (χ4v) is 1.49. The number of carbonyl (C=O) groups excluding carboxylic acids is 1. The Kier molecular flexibility index (Phi) is 4.37. The summed E-state index contributed by atoms with van der Waals surface area (Å²) in [6.45, 7) is -1.55. The third-order valence-electron chi connectivity index (χ3n) is 1.92. The van der Waals surface area contributed by atoms with Gasteiger partial charge in [-0.2, -0.15) is 0 Å². The molecule has 0 heterocycles. The molecular formula is C10H11BrF2N2O. The van der Waals surface area contributed by atoms with Gasteiger partial charge in [-0.15, -0.1) is 0 Å². The fraction of sp³-hybridized carbons (Fsp3) is 0.300. The number of alkyl halides is 2. The number of nitrogens with two attached hydrogens (primary N) is 1. The second kappa shape index (κ2) is 5.36. The van der Waals surface area contributed by atoms with Crippen molar-refractivity contribution in [3.63, 3.8) is 0 Å². The standard InChI is InChI=1S/C10H11BrF2N2O/c11-8-4-2-1-3-7(8)9(16)15-6-10(12,13)5-14/h1-4H,5-6,14H2,(H,15,16). The lowest BCUT2D eigenvalue weighted by molar-refractivity contribution is 0.0118. The average molecular weight is 293 g/mol. The maximum absolute atomic E-state index is 12.8. The number of benzene rings is 1. The summed E-state index contributed by atoms with van der Waals surface area (Å²) < 4.78 is 26.1. The van der Waals surface area contributed by atoms with Gasteiger partial charge < -0.3 is 11.1 Å². The van der Waals surface area contributed by atoms with E-state index in [9.17, 15) is 13.6 Å². The first-order chi connectivity index (χ1) is 7.46. The Morgan fingerprint density at radius 3 is 2.62 bits per heavy atom. The molecule has 1 rings (SSSR count). The van der Waals surface area contributed by atoms with Crippen LogP contribution in [0.25, 0.3) is 0 Å². The van der Waals surface area contributed by atoms with E-state index < -0.39 is 24.9 Å². The number of hydrogen-bond donors (Lipinski definition) is 2. The second-order valence-electron chi connectivity index (χ2n) is 3.22. The van der Waals surface area contributed by atoms with Gasteiger partial charge in [0.2, 0.25) is 0 Å². The van der Waals surface area contributed by atoms with Crippen LogP contribution in [0.1, 0.15) is 10.4 Å². The highest BCUT2D eigenvalue weighted by molar-refractivity contribution is 9.10. The van der Waals surface area contributed by atoms with Crippen LogP contribution in [0.2, 0.25) is 0 Å². The lowest BCUT2D eigenvalue weighted by atomic mass is 10.2. The highest BCUT2D eigenvalue weighted by Crippen LogP contribution is 2.16. The maximum Gasteiger partial charge on any atom is 0.277 e. The van der Waals surface area contributed by atoms with E-state index in [0.717, 1.165) is 0 Å². The molecule has 1 aromatic rings.